The van der Waals surface area contributed by atoms with Crippen molar-refractivity contribution in [2.75, 3.05) is 16.6 Å². The number of nitrogen functional groups attached to an aromatic ring is 1. The van der Waals surface area contributed by atoms with Gasteiger partial charge in [0, 0.05) is 12.6 Å². The summed E-state index contributed by atoms with van der Waals surface area (Å²) in [5, 5.41) is 9.59. The Labute approximate surface area is 128 Å². The van der Waals surface area contributed by atoms with Gasteiger partial charge in [0.25, 0.3) is 10.0 Å². The van der Waals surface area contributed by atoms with E-state index in [1.54, 1.807) is 25.1 Å². The summed E-state index contributed by atoms with van der Waals surface area (Å²) in [4.78, 5) is -0.128. The lowest BCUT2D eigenvalue weighted by Gasteiger charge is -2.24. The second-order valence-electron chi connectivity index (χ2n) is 4.35. The van der Waals surface area contributed by atoms with Gasteiger partial charge < -0.3 is 10.8 Å². The molecule has 0 spiro atoms. The highest BCUT2D eigenvalue weighted by Crippen LogP contribution is 2.33. The molecule has 0 heterocycles. The monoisotopic (exact) mass is 326 g/mol. The Balaban J connectivity index is 2.61. The maximum atomic E-state index is 12.8. The summed E-state index contributed by atoms with van der Waals surface area (Å²) >= 11 is 6.00. The first-order valence-corrected chi connectivity index (χ1v) is 8.05. The lowest BCUT2D eigenvalue weighted by atomic mass is 10.3. The molecule has 112 valence electrons. The van der Waals surface area contributed by atoms with Gasteiger partial charge in [-0.05, 0) is 31.2 Å². The fourth-order valence-electron chi connectivity index (χ4n) is 2.05. The second-order valence-corrected chi connectivity index (χ2v) is 6.55. The number of benzene rings is 2. The Morgan fingerprint density at radius 2 is 1.90 bits per heavy atom. The van der Waals surface area contributed by atoms with E-state index in [2.05, 4.69) is 0 Å². The molecule has 5 nitrogen and oxygen atoms in total. The van der Waals surface area contributed by atoms with E-state index >= 15 is 0 Å². The van der Waals surface area contributed by atoms with Crippen LogP contribution >= 0.6 is 11.6 Å². The van der Waals surface area contributed by atoms with Gasteiger partial charge in [-0.3, -0.25) is 4.31 Å². The van der Waals surface area contributed by atoms with E-state index < -0.39 is 10.0 Å². The van der Waals surface area contributed by atoms with E-state index in [1.807, 2.05) is 0 Å². The van der Waals surface area contributed by atoms with Crippen molar-refractivity contribution >= 4 is 33.0 Å². The molecule has 2 rings (SSSR count). The number of nitrogens with two attached hydrogens (primary N) is 1. The summed E-state index contributed by atoms with van der Waals surface area (Å²) in [6, 6.07) is 10.5. The zero-order valence-electron chi connectivity index (χ0n) is 11.3. The molecule has 0 aliphatic rings. The van der Waals surface area contributed by atoms with Gasteiger partial charge in [0.1, 0.15) is 10.6 Å². The molecule has 3 N–H and O–H groups in total. The van der Waals surface area contributed by atoms with Crippen LogP contribution in [0.3, 0.4) is 0 Å². The number of nitrogens with zero attached hydrogens (tertiary/aromatic N) is 1. The van der Waals surface area contributed by atoms with E-state index in [9.17, 15) is 13.5 Å². The summed E-state index contributed by atoms with van der Waals surface area (Å²) in [7, 11) is -3.92. The number of hydrogen-bond acceptors (Lipinski definition) is 4. The van der Waals surface area contributed by atoms with Crippen molar-refractivity contribution in [3.63, 3.8) is 0 Å². The van der Waals surface area contributed by atoms with Gasteiger partial charge >= 0.3 is 0 Å². The van der Waals surface area contributed by atoms with Crippen LogP contribution in [-0.2, 0) is 10.0 Å². The van der Waals surface area contributed by atoms with Gasteiger partial charge in [-0.15, -0.1) is 0 Å². The molecular formula is C14H15ClN2O3S. The number of phenolic OH excluding ortho intramolecular Hbond substituents is 1. The van der Waals surface area contributed by atoms with E-state index in [0.29, 0.717) is 5.69 Å². The van der Waals surface area contributed by atoms with Crippen LogP contribution in [0.25, 0.3) is 0 Å². The largest absolute Gasteiger partial charge is 0.508 e. The highest BCUT2D eigenvalue weighted by atomic mass is 35.5. The molecule has 0 aliphatic heterocycles. The molecule has 7 heteroatoms. The zero-order chi connectivity index (χ0) is 15.6. The Morgan fingerprint density at radius 1 is 1.24 bits per heavy atom. The topological polar surface area (TPSA) is 83.6 Å². The third-order valence-electron chi connectivity index (χ3n) is 2.95. The van der Waals surface area contributed by atoms with Crippen molar-refractivity contribution in [3.8, 4) is 5.75 Å². The lowest BCUT2D eigenvalue weighted by Crippen LogP contribution is -2.31. The van der Waals surface area contributed by atoms with Gasteiger partial charge in [-0.1, -0.05) is 23.7 Å². The number of hydrogen-bond donors (Lipinski definition) is 2. The molecule has 0 saturated carbocycles. The average molecular weight is 327 g/mol. The zero-order valence-corrected chi connectivity index (χ0v) is 12.9. The minimum atomic E-state index is -3.92. The maximum absolute atomic E-state index is 12.8. The quantitative estimate of drug-likeness (QED) is 0.846. The first-order chi connectivity index (χ1) is 9.87. The van der Waals surface area contributed by atoms with Crippen LogP contribution in [-0.4, -0.2) is 20.1 Å². The van der Waals surface area contributed by atoms with Crippen LogP contribution in [0.1, 0.15) is 6.92 Å². The molecule has 0 aromatic heterocycles. The summed E-state index contributed by atoms with van der Waals surface area (Å²) in [5.74, 6) is -0.0201. The predicted molar refractivity (Wildman–Crippen MR) is 84.2 cm³/mol. The smallest absolute Gasteiger partial charge is 0.267 e. The van der Waals surface area contributed by atoms with Crippen LogP contribution in [0.4, 0.5) is 11.4 Å². The Morgan fingerprint density at radius 3 is 2.48 bits per heavy atom. The van der Waals surface area contributed by atoms with Gasteiger partial charge in [-0.25, -0.2) is 8.42 Å². The van der Waals surface area contributed by atoms with E-state index in [1.165, 1.54) is 24.3 Å². The van der Waals surface area contributed by atoms with Gasteiger partial charge in [0.05, 0.1) is 16.4 Å². The Hall–Kier alpha value is -1.92. The maximum Gasteiger partial charge on any atom is 0.267 e. The van der Waals surface area contributed by atoms with Gasteiger partial charge in [0.15, 0.2) is 0 Å². The first-order valence-electron chi connectivity index (χ1n) is 6.23. The van der Waals surface area contributed by atoms with Crippen molar-refractivity contribution in [2.45, 2.75) is 11.8 Å². The molecule has 0 atom stereocenters. The molecule has 0 amide bonds. The average Bonchev–Trinajstić information content (AvgIpc) is 2.38. The summed E-state index contributed by atoms with van der Waals surface area (Å²) in [5.41, 5.74) is 6.20. The fourth-order valence-corrected chi connectivity index (χ4v) is 4.15. The molecule has 0 saturated heterocycles. The third kappa shape index (κ3) is 2.91. The predicted octanol–water partition coefficient (Wildman–Crippen LogP) is 2.84. The molecule has 0 fully saturated rings. The summed E-state index contributed by atoms with van der Waals surface area (Å²) in [6.07, 6.45) is 0. The standard InChI is InChI=1S/C14H15ClN2O3S/c1-2-17(10-5-3-6-11(18)9-10)21(19,20)14-12(15)7-4-8-13(14)16/h3-9,18H,2,16H2,1H3. The van der Waals surface area contributed by atoms with Crippen LogP contribution in [0.15, 0.2) is 47.4 Å². The third-order valence-corrected chi connectivity index (χ3v) is 5.40. The van der Waals surface area contributed by atoms with Crippen molar-refractivity contribution in [2.24, 2.45) is 0 Å². The molecule has 0 bridgehead atoms. The number of aromatic hydroxyl groups is 1. The fraction of sp³-hybridized carbons (Fsp3) is 0.143. The van der Waals surface area contributed by atoms with Gasteiger partial charge in [-0.2, -0.15) is 0 Å². The van der Waals surface area contributed by atoms with Gasteiger partial charge in [0.2, 0.25) is 0 Å². The van der Waals surface area contributed by atoms with Crippen LogP contribution in [0.5, 0.6) is 5.75 Å². The lowest BCUT2D eigenvalue weighted by molar-refractivity contribution is 0.475. The SMILES string of the molecule is CCN(c1cccc(O)c1)S(=O)(=O)c1c(N)cccc1Cl. The number of sulfonamides is 1. The molecular weight excluding hydrogens is 312 g/mol. The van der Waals surface area contributed by atoms with Crippen LogP contribution in [0.2, 0.25) is 5.02 Å². The highest BCUT2D eigenvalue weighted by Gasteiger charge is 2.28. The molecule has 2 aromatic rings. The van der Waals surface area contributed by atoms with Crippen molar-refractivity contribution in [1.82, 2.24) is 0 Å². The molecule has 0 aliphatic carbocycles. The minimum absolute atomic E-state index is 0.0201. The minimum Gasteiger partial charge on any atom is -0.508 e. The summed E-state index contributed by atoms with van der Waals surface area (Å²) in [6.45, 7) is 1.87. The molecule has 21 heavy (non-hydrogen) atoms. The molecule has 0 radical (unpaired) electrons. The van der Waals surface area contributed by atoms with Crippen molar-refractivity contribution < 1.29 is 13.5 Å². The normalized spacial score (nSPS) is 11.3. The summed E-state index contributed by atoms with van der Waals surface area (Å²) < 4.78 is 26.7. The molecule has 2 aromatic carbocycles. The number of rotatable bonds is 4. The highest BCUT2D eigenvalue weighted by molar-refractivity contribution is 7.93. The molecule has 0 unspecified atom stereocenters. The van der Waals surface area contributed by atoms with E-state index in [-0.39, 0.29) is 27.9 Å². The van der Waals surface area contributed by atoms with Crippen LogP contribution < -0.4 is 10.0 Å². The number of anilines is 2. The Kier molecular flexibility index (Phi) is 4.29. The second kappa shape index (κ2) is 5.83. The number of phenols is 1. The van der Waals surface area contributed by atoms with Crippen molar-refractivity contribution in [3.05, 3.63) is 47.5 Å². The first kappa shape index (κ1) is 15.5. The van der Waals surface area contributed by atoms with E-state index in [0.717, 1.165) is 4.31 Å². The van der Waals surface area contributed by atoms with Crippen molar-refractivity contribution in [1.29, 1.82) is 0 Å². The van der Waals surface area contributed by atoms with Crippen LogP contribution in [0, 0.1) is 0 Å². The Bertz CT molecular complexity index is 742. The number of halogens is 1. The van der Waals surface area contributed by atoms with E-state index in [4.69, 9.17) is 17.3 Å².